The number of hydrogen-bond acceptors (Lipinski definition) is 5. The summed E-state index contributed by atoms with van der Waals surface area (Å²) in [7, 11) is 0. The molecule has 5 nitrogen and oxygen atoms in total. The number of Topliss-reactive ketones (excluding diaryl/α,β-unsaturated/α-hetero) is 1. The summed E-state index contributed by atoms with van der Waals surface area (Å²) in [5.74, 6) is 0.416. The number of rotatable bonds is 7. The number of hydrogen-bond donors (Lipinski definition) is 0. The SMILES string of the molecule is Cl.O=C(c1ccc(F)cc1)C1CCN(CCCOc2ccc3c(=O)c(Cl)coc3c2)CC1. The van der Waals surface area contributed by atoms with Gasteiger partial charge in [0.1, 0.15) is 28.4 Å². The number of ketones is 1. The van der Waals surface area contributed by atoms with E-state index in [2.05, 4.69) is 4.90 Å². The third-order valence-corrected chi connectivity index (χ3v) is 5.94. The number of fused-ring (bicyclic) bond motifs is 1. The van der Waals surface area contributed by atoms with Gasteiger partial charge in [-0.25, -0.2) is 4.39 Å². The molecule has 1 aliphatic heterocycles. The fourth-order valence-electron chi connectivity index (χ4n) is 3.92. The summed E-state index contributed by atoms with van der Waals surface area (Å²) in [4.78, 5) is 26.9. The minimum Gasteiger partial charge on any atom is -0.493 e. The molecule has 1 saturated heterocycles. The van der Waals surface area contributed by atoms with Crippen LogP contribution in [0.1, 0.15) is 29.6 Å². The molecule has 170 valence electrons. The standard InChI is InChI=1S/C24H23ClFNO4.ClH/c25-21-15-31-22-14-19(6-7-20(22)24(21)29)30-13-1-10-27-11-8-17(9-12-27)23(28)16-2-4-18(26)5-3-16;/h2-7,14-15,17H,1,8-13H2;1H. The molecular formula is C24H24Cl2FNO4. The summed E-state index contributed by atoms with van der Waals surface area (Å²) in [5.41, 5.74) is 0.775. The topological polar surface area (TPSA) is 59.8 Å². The Hall–Kier alpha value is -2.41. The van der Waals surface area contributed by atoms with Crippen LogP contribution in [-0.4, -0.2) is 36.9 Å². The molecule has 2 aromatic carbocycles. The maximum absolute atomic E-state index is 13.0. The Bertz CT molecular complexity index is 1130. The van der Waals surface area contributed by atoms with Crippen LogP contribution in [0, 0.1) is 11.7 Å². The molecule has 0 amide bonds. The van der Waals surface area contributed by atoms with Crippen LogP contribution in [0.3, 0.4) is 0 Å². The summed E-state index contributed by atoms with van der Waals surface area (Å²) in [6.45, 7) is 3.15. The largest absolute Gasteiger partial charge is 0.493 e. The van der Waals surface area contributed by atoms with E-state index in [-0.39, 0.29) is 40.4 Å². The van der Waals surface area contributed by atoms with Gasteiger partial charge in [0.25, 0.3) is 0 Å². The number of likely N-dealkylation sites (tertiary alicyclic amines) is 1. The second-order valence-electron chi connectivity index (χ2n) is 7.76. The summed E-state index contributed by atoms with van der Waals surface area (Å²) in [6, 6.07) is 10.9. The van der Waals surface area contributed by atoms with Gasteiger partial charge in [-0.3, -0.25) is 9.59 Å². The Morgan fingerprint density at radius 3 is 2.59 bits per heavy atom. The first-order valence-electron chi connectivity index (χ1n) is 10.4. The van der Waals surface area contributed by atoms with E-state index in [9.17, 15) is 14.0 Å². The van der Waals surface area contributed by atoms with Crippen molar-refractivity contribution >= 4 is 40.8 Å². The maximum Gasteiger partial charge on any atom is 0.211 e. The number of carbonyl (C=O) groups is 1. The zero-order chi connectivity index (χ0) is 21.8. The Balaban J connectivity index is 0.00000289. The Morgan fingerprint density at radius 1 is 1.16 bits per heavy atom. The van der Waals surface area contributed by atoms with Crippen molar-refractivity contribution < 1.29 is 18.3 Å². The lowest BCUT2D eigenvalue weighted by molar-refractivity contribution is 0.0835. The van der Waals surface area contributed by atoms with Crippen LogP contribution in [0.25, 0.3) is 11.0 Å². The van der Waals surface area contributed by atoms with Gasteiger partial charge in [0.2, 0.25) is 5.43 Å². The summed E-state index contributed by atoms with van der Waals surface area (Å²) in [5, 5.41) is 0.488. The van der Waals surface area contributed by atoms with E-state index in [1.54, 1.807) is 30.3 Å². The lowest BCUT2D eigenvalue weighted by Crippen LogP contribution is -2.37. The molecule has 3 aromatic rings. The van der Waals surface area contributed by atoms with Gasteiger partial charge in [-0.05, 0) is 68.8 Å². The normalized spacial score (nSPS) is 14.8. The van der Waals surface area contributed by atoms with E-state index in [1.165, 1.54) is 18.4 Å². The zero-order valence-electron chi connectivity index (χ0n) is 17.4. The highest BCUT2D eigenvalue weighted by molar-refractivity contribution is 6.30. The molecule has 0 bridgehead atoms. The van der Waals surface area contributed by atoms with Crippen molar-refractivity contribution in [3.05, 3.63) is 75.4 Å². The van der Waals surface area contributed by atoms with Crippen molar-refractivity contribution in [3.63, 3.8) is 0 Å². The van der Waals surface area contributed by atoms with Gasteiger partial charge in [-0.2, -0.15) is 0 Å². The van der Waals surface area contributed by atoms with Crippen molar-refractivity contribution in [1.29, 1.82) is 0 Å². The first kappa shape index (κ1) is 24.2. The Labute approximate surface area is 196 Å². The van der Waals surface area contributed by atoms with E-state index >= 15 is 0 Å². The minimum atomic E-state index is -0.328. The minimum absolute atomic E-state index is 0. The molecule has 1 aliphatic rings. The predicted molar refractivity (Wildman–Crippen MR) is 125 cm³/mol. The van der Waals surface area contributed by atoms with Crippen molar-refractivity contribution in [2.24, 2.45) is 5.92 Å². The van der Waals surface area contributed by atoms with Crippen molar-refractivity contribution in [2.75, 3.05) is 26.2 Å². The number of piperidine rings is 1. The van der Waals surface area contributed by atoms with Gasteiger partial charge in [-0.15, -0.1) is 12.4 Å². The van der Waals surface area contributed by atoms with Crippen molar-refractivity contribution in [3.8, 4) is 5.75 Å². The smallest absolute Gasteiger partial charge is 0.211 e. The Morgan fingerprint density at radius 2 is 1.88 bits per heavy atom. The fourth-order valence-corrected chi connectivity index (χ4v) is 4.07. The zero-order valence-corrected chi connectivity index (χ0v) is 19.0. The number of carbonyl (C=O) groups excluding carboxylic acids is 1. The van der Waals surface area contributed by atoms with Gasteiger partial charge in [0.05, 0.1) is 12.0 Å². The highest BCUT2D eigenvalue weighted by Gasteiger charge is 2.25. The van der Waals surface area contributed by atoms with E-state index in [0.717, 1.165) is 38.9 Å². The molecule has 0 unspecified atom stereocenters. The van der Waals surface area contributed by atoms with E-state index in [1.807, 2.05) is 0 Å². The van der Waals surface area contributed by atoms with Crippen LogP contribution < -0.4 is 10.2 Å². The van der Waals surface area contributed by atoms with E-state index in [0.29, 0.717) is 28.9 Å². The quantitative estimate of drug-likeness (QED) is 0.336. The average Bonchev–Trinajstić information content (AvgIpc) is 2.80. The van der Waals surface area contributed by atoms with Gasteiger partial charge >= 0.3 is 0 Å². The predicted octanol–water partition coefficient (Wildman–Crippen LogP) is 5.37. The van der Waals surface area contributed by atoms with Crippen LogP contribution in [-0.2, 0) is 0 Å². The lowest BCUT2D eigenvalue weighted by Gasteiger charge is -2.31. The number of ether oxygens (including phenoxy) is 1. The first-order chi connectivity index (χ1) is 15.0. The number of halogens is 3. The van der Waals surface area contributed by atoms with Crippen molar-refractivity contribution in [1.82, 2.24) is 4.90 Å². The second-order valence-corrected chi connectivity index (χ2v) is 8.17. The van der Waals surface area contributed by atoms with Gasteiger partial charge in [-0.1, -0.05) is 11.6 Å². The number of benzene rings is 2. The number of nitrogens with zero attached hydrogens (tertiary/aromatic N) is 1. The highest BCUT2D eigenvalue weighted by Crippen LogP contribution is 2.23. The molecule has 1 aromatic heterocycles. The third-order valence-electron chi connectivity index (χ3n) is 5.68. The van der Waals surface area contributed by atoms with Gasteiger partial charge in [0.15, 0.2) is 5.78 Å². The Kier molecular flexibility index (Phi) is 8.29. The summed E-state index contributed by atoms with van der Waals surface area (Å²) in [6.07, 6.45) is 3.70. The molecule has 1 fully saturated rings. The van der Waals surface area contributed by atoms with Gasteiger partial charge < -0.3 is 14.1 Å². The molecule has 4 rings (SSSR count). The monoisotopic (exact) mass is 479 g/mol. The van der Waals surface area contributed by atoms with E-state index < -0.39 is 0 Å². The van der Waals surface area contributed by atoms with Crippen LogP contribution in [0.4, 0.5) is 4.39 Å². The van der Waals surface area contributed by atoms with Crippen LogP contribution in [0.15, 0.2) is 57.9 Å². The van der Waals surface area contributed by atoms with Crippen LogP contribution in [0.5, 0.6) is 5.75 Å². The van der Waals surface area contributed by atoms with Crippen LogP contribution >= 0.6 is 24.0 Å². The molecular weight excluding hydrogens is 456 g/mol. The summed E-state index contributed by atoms with van der Waals surface area (Å²) < 4.78 is 24.2. The maximum atomic E-state index is 13.0. The molecule has 2 heterocycles. The highest BCUT2D eigenvalue weighted by atomic mass is 35.5. The van der Waals surface area contributed by atoms with E-state index in [4.69, 9.17) is 20.8 Å². The van der Waals surface area contributed by atoms with Crippen LogP contribution in [0.2, 0.25) is 5.02 Å². The summed E-state index contributed by atoms with van der Waals surface area (Å²) >= 11 is 5.79. The van der Waals surface area contributed by atoms with Crippen molar-refractivity contribution in [2.45, 2.75) is 19.3 Å². The molecule has 0 saturated carbocycles. The molecule has 32 heavy (non-hydrogen) atoms. The lowest BCUT2D eigenvalue weighted by atomic mass is 9.89. The van der Waals surface area contributed by atoms with Gasteiger partial charge in [0, 0.05) is 24.1 Å². The first-order valence-corrected chi connectivity index (χ1v) is 10.7. The molecule has 8 heteroatoms. The molecule has 0 radical (unpaired) electrons. The second kappa shape index (κ2) is 10.9. The third kappa shape index (κ3) is 5.68. The molecule has 0 N–H and O–H groups in total. The molecule has 0 atom stereocenters. The molecule has 0 aliphatic carbocycles. The fraction of sp³-hybridized carbons (Fsp3) is 0.333. The molecule has 0 spiro atoms. The average molecular weight is 480 g/mol.